The highest BCUT2D eigenvalue weighted by Gasteiger charge is 2.12. The van der Waals surface area contributed by atoms with Crippen LogP contribution in [-0.4, -0.2) is 22.4 Å². The molecule has 0 fully saturated rings. The predicted octanol–water partition coefficient (Wildman–Crippen LogP) is 0.451. The van der Waals surface area contributed by atoms with Crippen molar-refractivity contribution in [3.05, 3.63) is 34.4 Å². The highest BCUT2D eigenvalue weighted by molar-refractivity contribution is 5.40. The van der Waals surface area contributed by atoms with Crippen LogP contribution in [0.15, 0.2) is 12.1 Å². The van der Waals surface area contributed by atoms with Crippen LogP contribution in [0.3, 0.4) is 0 Å². The van der Waals surface area contributed by atoms with E-state index in [1.807, 2.05) is 12.1 Å². The minimum absolute atomic E-state index is 0.412. The molecule has 2 atom stereocenters. The van der Waals surface area contributed by atoms with E-state index in [-0.39, 0.29) is 0 Å². The normalized spacial score (nSPS) is 14.6. The summed E-state index contributed by atoms with van der Waals surface area (Å²) in [5.74, 6) is 0. The molecule has 6 N–H and O–H groups in total. The van der Waals surface area contributed by atoms with E-state index >= 15 is 0 Å². The number of benzene rings is 1. The molecule has 102 valence electrons. The van der Waals surface area contributed by atoms with Gasteiger partial charge < -0.3 is 21.7 Å². The van der Waals surface area contributed by atoms with E-state index in [2.05, 4.69) is 0 Å². The maximum atomic E-state index is 9.54. The van der Waals surface area contributed by atoms with Crippen molar-refractivity contribution in [2.75, 3.05) is 0 Å². The third-order valence-corrected chi connectivity index (χ3v) is 2.96. The Labute approximate surface area is 109 Å². The molecule has 0 aliphatic heterocycles. The van der Waals surface area contributed by atoms with Crippen molar-refractivity contribution in [3.63, 3.8) is 0 Å². The van der Waals surface area contributed by atoms with E-state index in [0.717, 1.165) is 22.3 Å². The van der Waals surface area contributed by atoms with Gasteiger partial charge in [0.05, 0.1) is 12.2 Å². The van der Waals surface area contributed by atoms with Gasteiger partial charge in [-0.05, 0) is 48.9 Å². The summed E-state index contributed by atoms with van der Waals surface area (Å²) in [4.78, 5) is 0. The van der Waals surface area contributed by atoms with Crippen LogP contribution < -0.4 is 11.5 Å². The maximum Gasteiger partial charge on any atom is 0.0552 e. The summed E-state index contributed by atoms with van der Waals surface area (Å²) >= 11 is 0. The van der Waals surface area contributed by atoms with Crippen molar-refractivity contribution in [1.29, 1.82) is 0 Å². The SMILES string of the molecule is CC(O)Cc1cc(CN)cc(CC(C)O)c1CN. The summed E-state index contributed by atoms with van der Waals surface area (Å²) in [6, 6.07) is 4.00. The average Bonchev–Trinajstić information content (AvgIpc) is 2.27. The van der Waals surface area contributed by atoms with Crippen molar-refractivity contribution in [2.45, 2.75) is 52.0 Å². The molecule has 0 radical (unpaired) electrons. The highest BCUT2D eigenvalue weighted by atomic mass is 16.3. The number of rotatable bonds is 6. The zero-order valence-corrected chi connectivity index (χ0v) is 11.2. The Hall–Kier alpha value is -0.940. The number of hydrogen-bond donors (Lipinski definition) is 4. The van der Waals surface area contributed by atoms with Gasteiger partial charge in [0.25, 0.3) is 0 Å². The lowest BCUT2D eigenvalue weighted by Crippen LogP contribution is -2.16. The Kier molecular flexibility index (Phi) is 5.75. The van der Waals surface area contributed by atoms with E-state index in [4.69, 9.17) is 11.5 Å². The first-order valence-electron chi connectivity index (χ1n) is 6.37. The lowest BCUT2D eigenvalue weighted by molar-refractivity contribution is 0.193. The molecule has 1 rings (SSSR count). The van der Waals surface area contributed by atoms with Crippen LogP contribution in [0.1, 0.15) is 36.1 Å². The predicted molar refractivity (Wildman–Crippen MR) is 73.0 cm³/mol. The topological polar surface area (TPSA) is 92.5 Å². The quantitative estimate of drug-likeness (QED) is 0.591. The van der Waals surface area contributed by atoms with Gasteiger partial charge in [-0.25, -0.2) is 0 Å². The molecule has 0 heterocycles. The summed E-state index contributed by atoms with van der Waals surface area (Å²) in [5.41, 5.74) is 15.6. The molecule has 0 amide bonds. The number of aliphatic hydroxyl groups is 2. The van der Waals surface area contributed by atoms with Crippen molar-refractivity contribution in [2.24, 2.45) is 11.5 Å². The molecule has 0 saturated heterocycles. The molecule has 4 nitrogen and oxygen atoms in total. The minimum Gasteiger partial charge on any atom is -0.393 e. The molecule has 1 aromatic rings. The van der Waals surface area contributed by atoms with Gasteiger partial charge in [0.15, 0.2) is 0 Å². The molecule has 1 aromatic carbocycles. The van der Waals surface area contributed by atoms with Crippen LogP contribution in [0, 0.1) is 0 Å². The molecule has 4 heteroatoms. The van der Waals surface area contributed by atoms with Crippen LogP contribution in [0.2, 0.25) is 0 Å². The Morgan fingerprint density at radius 1 is 0.944 bits per heavy atom. The fourth-order valence-electron chi connectivity index (χ4n) is 2.25. The molecule has 18 heavy (non-hydrogen) atoms. The van der Waals surface area contributed by atoms with E-state index in [0.29, 0.717) is 25.9 Å². The summed E-state index contributed by atoms with van der Waals surface area (Å²) in [6.45, 7) is 4.37. The molecule has 0 aromatic heterocycles. The second-order valence-corrected chi connectivity index (χ2v) is 4.91. The van der Waals surface area contributed by atoms with Crippen molar-refractivity contribution in [1.82, 2.24) is 0 Å². The molecule has 0 spiro atoms. The standard InChI is InChI=1S/C14H24N2O2/c1-9(17)3-12-5-11(7-15)6-13(4-10(2)18)14(12)8-16/h5-6,9-10,17-18H,3-4,7-8,15-16H2,1-2H3. The Balaban J connectivity index is 3.20. The fourth-order valence-corrected chi connectivity index (χ4v) is 2.25. The van der Waals surface area contributed by atoms with Crippen LogP contribution >= 0.6 is 0 Å². The minimum atomic E-state index is -0.414. The first-order chi connectivity index (χ1) is 8.47. The summed E-state index contributed by atoms with van der Waals surface area (Å²) in [5, 5.41) is 19.1. The zero-order chi connectivity index (χ0) is 13.7. The van der Waals surface area contributed by atoms with Crippen molar-refractivity contribution < 1.29 is 10.2 Å². The second kappa shape index (κ2) is 6.85. The smallest absolute Gasteiger partial charge is 0.0552 e. The van der Waals surface area contributed by atoms with Gasteiger partial charge in [-0.1, -0.05) is 12.1 Å². The van der Waals surface area contributed by atoms with Crippen molar-refractivity contribution >= 4 is 0 Å². The third-order valence-electron chi connectivity index (χ3n) is 2.96. The maximum absolute atomic E-state index is 9.54. The van der Waals surface area contributed by atoms with Crippen LogP contribution in [0.25, 0.3) is 0 Å². The highest BCUT2D eigenvalue weighted by Crippen LogP contribution is 2.21. The fraction of sp³-hybridized carbons (Fsp3) is 0.571. The molecule has 2 unspecified atom stereocenters. The largest absolute Gasteiger partial charge is 0.393 e. The molecule has 0 aliphatic carbocycles. The van der Waals surface area contributed by atoms with Gasteiger partial charge in [-0.15, -0.1) is 0 Å². The molecule has 0 saturated carbocycles. The van der Waals surface area contributed by atoms with E-state index in [9.17, 15) is 10.2 Å². The van der Waals surface area contributed by atoms with Crippen molar-refractivity contribution in [3.8, 4) is 0 Å². The van der Waals surface area contributed by atoms with E-state index in [1.54, 1.807) is 13.8 Å². The van der Waals surface area contributed by atoms with Gasteiger partial charge >= 0.3 is 0 Å². The second-order valence-electron chi connectivity index (χ2n) is 4.91. The third kappa shape index (κ3) is 4.07. The Morgan fingerprint density at radius 2 is 1.39 bits per heavy atom. The summed E-state index contributed by atoms with van der Waals surface area (Å²) < 4.78 is 0. The lowest BCUT2D eigenvalue weighted by Gasteiger charge is -2.18. The summed E-state index contributed by atoms with van der Waals surface area (Å²) in [7, 11) is 0. The first kappa shape index (κ1) is 15.1. The van der Waals surface area contributed by atoms with Gasteiger partial charge in [-0.3, -0.25) is 0 Å². The zero-order valence-electron chi connectivity index (χ0n) is 11.2. The lowest BCUT2D eigenvalue weighted by atomic mass is 9.91. The number of nitrogens with two attached hydrogens (primary N) is 2. The van der Waals surface area contributed by atoms with Crippen LogP contribution in [0.5, 0.6) is 0 Å². The van der Waals surface area contributed by atoms with Gasteiger partial charge in [-0.2, -0.15) is 0 Å². The van der Waals surface area contributed by atoms with Gasteiger partial charge in [0.2, 0.25) is 0 Å². The van der Waals surface area contributed by atoms with Crippen LogP contribution in [-0.2, 0) is 25.9 Å². The average molecular weight is 252 g/mol. The molecule has 0 aliphatic rings. The first-order valence-corrected chi connectivity index (χ1v) is 6.37. The van der Waals surface area contributed by atoms with Crippen LogP contribution in [0.4, 0.5) is 0 Å². The Morgan fingerprint density at radius 3 is 1.67 bits per heavy atom. The van der Waals surface area contributed by atoms with E-state index in [1.165, 1.54) is 0 Å². The molecular weight excluding hydrogens is 228 g/mol. The monoisotopic (exact) mass is 252 g/mol. The number of aliphatic hydroxyl groups excluding tert-OH is 2. The van der Waals surface area contributed by atoms with E-state index < -0.39 is 12.2 Å². The van der Waals surface area contributed by atoms with Gasteiger partial charge in [0, 0.05) is 13.1 Å². The Bertz CT molecular complexity index is 358. The molecular formula is C14H24N2O2. The summed E-state index contributed by atoms with van der Waals surface area (Å²) in [6.07, 6.45) is 0.297. The number of hydrogen-bond acceptors (Lipinski definition) is 4. The van der Waals surface area contributed by atoms with Gasteiger partial charge in [0.1, 0.15) is 0 Å². The molecule has 0 bridgehead atoms.